The van der Waals surface area contributed by atoms with Gasteiger partial charge in [-0.25, -0.2) is 4.39 Å². The zero-order valence-corrected chi connectivity index (χ0v) is 9.09. The molecule has 0 amide bonds. The molecule has 18 heavy (non-hydrogen) atoms. The molecule has 0 aliphatic heterocycles. The van der Waals surface area contributed by atoms with Crippen molar-refractivity contribution in [2.24, 2.45) is 0 Å². The van der Waals surface area contributed by atoms with Crippen LogP contribution in [0.3, 0.4) is 0 Å². The summed E-state index contributed by atoms with van der Waals surface area (Å²) in [6.45, 7) is 0. The van der Waals surface area contributed by atoms with E-state index in [4.69, 9.17) is 15.3 Å². The molecule has 1 heterocycles. The third kappa shape index (κ3) is 2.11. The number of rotatable bonds is 2. The fourth-order valence-corrected chi connectivity index (χ4v) is 1.37. The number of hydrogen-bond donors (Lipinski definition) is 0. The summed E-state index contributed by atoms with van der Waals surface area (Å²) >= 11 is 0. The van der Waals surface area contributed by atoms with Crippen LogP contribution in [0.25, 0.3) is 0 Å². The molecule has 0 spiro atoms. The standard InChI is InChI=1S/C13H6FN3O/c14-11-2-1-3-12(10(11)7-16)18-13-8-17-5-4-9(13)6-15/h1-5,8H. The Labute approximate surface area is 103 Å². The van der Waals surface area contributed by atoms with Gasteiger partial charge >= 0.3 is 0 Å². The lowest BCUT2D eigenvalue weighted by atomic mass is 10.2. The Morgan fingerprint density at radius 2 is 1.94 bits per heavy atom. The molecule has 0 N–H and O–H groups in total. The molecule has 5 heteroatoms. The van der Waals surface area contributed by atoms with Crippen molar-refractivity contribution in [2.75, 3.05) is 0 Å². The number of halogens is 1. The fourth-order valence-electron chi connectivity index (χ4n) is 1.37. The number of benzene rings is 1. The number of aromatic nitrogens is 1. The number of nitrogens with zero attached hydrogens (tertiary/aromatic N) is 3. The van der Waals surface area contributed by atoms with Gasteiger partial charge in [0.1, 0.15) is 29.3 Å². The topological polar surface area (TPSA) is 69.7 Å². The van der Waals surface area contributed by atoms with E-state index < -0.39 is 5.82 Å². The number of pyridine rings is 1. The van der Waals surface area contributed by atoms with E-state index in [0.29, 0.717) is 0 Å². The van der Waals surface area contributed by atoms with Gasteiger partial charge in [0, 0.05) is 6.20 Å². The van der Waals surface area contributed by atoms with Crippen LogP contribution in [0.4, 0.5) is 4.39 Å². The minimum Gasteiger partial charge on any atom is -0.453 e. The Kier molecular flexibility index (Phi) is 3.17. The van der Waals surface area contributed by atoms with Crippen LogP contribution < -0.4 is 4.74 Å². The molecule has 0 saturated heterocycles. The molecule has 0 unspecified atom stereocenters. The van der Waals surface area contributed by atoms with E-state index in [9.17, 15) is 4.39 Å². The maximum Gasteiger partial charge on any atom is 0.163 e. The highest BCUT2D eigenvalue weighted by Crippen LogP contribution is 2.28. The van der Waals surface area contributed by atoms with Crippen molar-refractivity contribution in [3.05, 3.63) is 53.6 Å². The van der Waals surface area contributed by atoms with Crippen molar-refractivity contribution in [3.8, 4) is 23.6 Å². The highest BCUT2D eigenvalue weighted by atomic mass is 19.1. The average Bonchev–Trinajstić information content (AvgIpc) is 2.40. The van der Waals surface area contributed by atoms with Crippen LogP contribution in [0.2, 0.25) is 0 Å². The summed E-state index contributed by atoms with van der Waals surface area (Å²) in [5, 5.41) is 17.7. The van der Waals surface area contributed by atoms with Crippen molar-refractivity contribution < 1.29 is 9.13 Å². The molecule has 2 aromatic rings. The third-order valence-electron chi connectivity index (χ3n) is 2.21. The van der Waals surface area contributed by atoms with Gasteiger partial charge in [-0.1, -0.05) is 6.07 Å². The van der Waals surface area contributed by atoms with Gasteiger partial charge in [-0.15, -0.1) is 0 Å². The van der Waals surface area contributed by atoms with Crippen LogP contribution in [-0.2, 0) is 0 Å². The quantitative estimate of drug-likeness (QED) is 0.807. The fraction of sp³-hybridized carbons (Fsp3) is 0. The first-order chi connectivity index (χ1) is 8.76. The van der Waals surface area contributed by atoms with Crippen molar-refractivity contribution in [2.45, 2.75) is 0 Å². The number of hydrogen-bond acceptors (Lipinski definition) is 4. The van der Waals surface area contributed by atoms with E-state index in [-0.39, 0.29) is 22.6 Å². The van der Waals surface area contributed by atoms with Crippen molar-refractivity contribution >= 4 is 0 Å². The number of nitriles is 2. The minimum absolute atomic E-state index is 0.0574. The lowest BCUT2D eigenvalue weighted by molar-refractivity contribution is 0.470. The highest BCUT2D eigenvalue weighted by molar-refractivity contribution is 5.48. The lowest BCUT2D eigenvalue weighted by Gasteiger charge is -2.08. The van der Waals surface area contributed by atoms with E-state index >= 15 is 0 Å². The third-order valence-corrected chi connectivity index (χ3v) is 2.21. The first-order valence-electron chi connectivity index (χ1n) is 4.97. The molecule has 0 bridgehead atoms. The van der Waals surface area contributed by atoms with E-state index in [1.807, 2.05) is 6.07 Å². The zero-order valence-electron chi connectivity index (χ0n) is 9.09. The molecule has 0 aliphatic rings. The second-order valence-corrected chi connectivity index (χ2v) is 3.31. The highest BCUT2D eigenvalue weighted by Gasteiger charge is 2.11. The summed E-state index contributed by atoms with van der Waals surface area (Å²) in [7, 11) is 0. The van der Waals surface area contributed by atoms with Gasteiger partial charge in [0.05, 0.1) is 11.8 Å². The molecule has 0 atom stereocenters. The molecule has 2 rings (SSSR count). The Bertz CT molecular complexity index is 671. The monoisotopic (exact) mass is 239 g/mol. The predicted octanol–water partition coefficient (Wildman–Crippen LogP) is 2.76. The van der Waals surface area contributed by atoms with Crippen molar-refractivity contribution in [1.82, 2.24) is 4.98 Å². The van der Waals surface area contributed by atoms with E-state index in [2.05, 4.69) is 4.98 Å². The van der Waals surface area contributed by atoms with Gasteiger partial charge < -0.3 is 4.74 Å². The summed E-state index contributed by atoms with van der Waals surface area (Å²) in [6.07, 6.45) is 2.78. The van der Waals surface area contributed by atoms with Crippen molar-refractivity contribution in [3.63, 3.8) is 0 Å². The second kappa shape index (κ2) is 4.94. The summed E-state index contributed by atoms with van der Waals surface area (Å²) in [5.41, 5.74) is 0.0587. The maximum atomic E-state index is 13.4. The van der Waals surface area contributed by atoms with Gasteiger partial charge in [-0.05, 0) is 18.2 Å². The smallest absolute Gasteiger partial charge is 0.163 e. The first-order valence-corrected chi connectivity index (χ1v) is 4.97. The molecule has 0 radical (unpaired) electrons. The predicted molar refractivity (Wildman–Crippen MR) is 60.1 cm³/mol. The molecule has 1 aromatic carbocycles. The maximum absolute atomic E-state index is 13.4. The van der Waals surface area contributed by atoms with Gasteiger partial charge in [-0.3, -0.25) is 4.98 Å². The molecule has 4 nitrogen and oxygen atoms in total. The van der Waals surface area contributed by atoms with Gasteiger partial charge in [-0.2, -0.15) is 10.5 Å². The molecular weight excluding hydrogens is 233 g/mol. The molecule has 86 valence electrons. The Hall–Kier alpha value is -2.92. The summed E-state index contributed by atoms with van der Waals surface area (Å²) < 4.78 is 18.7. The van der Waals surface area contributed by atoms with Crippen LogP contribution in [0.15, 0.2) is 36.7 Å². The van der Waals surface area contributed by atoms with E-state index in [1.54, 1.807) is 6.07 Å². The van der Waals surface area contributed by atoms with Gasteiger partial charge in [0.15, 0.2) is 5.75 Å². The summed E-state index contributed by atoms with van der Waals surface area (Å²) in [4.78, 5) is 3.81. The Morgan fingerprint density at radius 3 is 2.67 bits per heavy atom. The molecule has 0 fully saturated rings. The van der Waals surface area contributed by atoms with E-state index in [0.717, 1.165) is 0 Å². The zero-order chi connectivity index (χ0) is 13.0. The first kappa shape index (κ1) is 11.6. The van der Waals surface area contributed by atoms with Gasteiger partial charge in [0.25, 0.3) is 0 Å². The van der Waals surface area contributed by atoms with Crippen molar-refractivity contribution in [1.29, 1.82) is 10.5 Å². The van der Waals surface area contributed by atoms with Crippen LogP contribution in [-0.4, -0.2) is 4.98 Å². The Balaban J connectivity index is 2.45. The number of ether oxygens (including phenoxy) is 1. The molecule has 1 aromatic heterocycles. The second-order valence-electron chi connectivity index (χ2n) is 3.31. The Morgan fingerprint density at radius 1 is 1.11 bits per heavy atom. The summed E-state index contributed by atoms with van der Waals surface area (Å²) in [5.74, 6) is -0.429. The van der Waals surface area contributed by atoms with Crippen LogP contribution in [0.5, 0.6) is 11.5 Å². The molecule has 0 aliphatic carbocycles. The molecule has 0 saturated carbocycles. The largest absolute Gasteiger partial charge is 0.453 e. The minimum atomic E-state index is -0.669. The average molecular weight is 239 g/mol. The SMILES string of the molecule is N#Cc1ccncc1Oc1cccc(F)c1C#N. The van der Waals surface area contributed by atoms with Crippen LogP contribution in [0, 0.1) is 28.5 Å². The van der Waals surface area contributed by atoms with Gasteiger partial charge in [0.2, 0.25) is 0 Å². The van der Waals surface area contributed by atoms with Crippen LogP contribution in [0.1, 0.15) is 11.1 Å². The van der Waals surface area contributed by atoms with E-state index in [1.165, 1.54) is 36.7 Å². The summed E-state index contributed by atoms with van der Waals surface area (Å²) in [6, 6.07) is 9.16. The molecular formula is C13H6FN3O. The van der Waals surface area contributed by atoms with Crippen LogP contribution >= 0.6 is 0 Å². The normalized spacial score (nSPS) is 9.28. The lowest BCUT2D eigenvalue weighted by Crippen LogP contribution is -1.94.